The molecule has 1 aliphatic carbocycles. The van der Waals surface area contributed by atoms with Crippen LogP contribution >= 0.6 is 15.9 Å². The summed E-state index contributed by atoms with van der Waals surface area (Å²) in [4.78, 5) is 4.43. The Hall–Kier alpha value is -0.450. The number of pyridine rings is 1. The third-order valence-corrected chi connectivity index (χ3v) is 4.07. The Balaban J connectivity index is 1.97. The highest BCUT2D eigenvalue weighted by Gasteiger charge is 2.20. The lowest BCUT2D eigenvalue weighted by atomic mass is 9.84. The number of hydrazine groups is 1. The Bertz CT molecular complexity index is 333. The third-order valence-electron chi connectivity index (χ3n) is 3.60. The first-order chi connectivity index (χ1) is 8.29. The highest BCUT2D eigenvalue weighted by molar-refractivity contribution is 9.10. The average molecular weight is 298 g/mol. The summed E-state index contributed by atoms with van der Waals surface area (Å²) in [6, 6.07) is 4.25. The molecule has 2 rings (SSSR count). The molecular formula is C13H20BrN3. The van der Waals surface area contributed by atoms with Crippen LogP contribution in [0.4, 0.5) is 0 Å². The van der Waals surface area contributed by atoms with E-state index in [9.17, 15) is 0 Å². The van der Waals surface area contributed by atoms with Gasteiger partial charge < -0.3 is 0 Å². The molecule has 0 radical (unpaired) electrons. The Labute approximate surface area is 111 Å². The van der Waals surface area contributed by atoms with E-state index in [0.29, 0.717) is 0 Å². The van der Waals surface area contributed by atoms with Crippen LogP contribution in [0.3, 0.4) is 0 Å². The van der Waals surface area contributed by atoms with Crippen molar-refractivity contribution in [2.24, 2.45) is 11.8 Å². The Kier molecular flexibility index (Phi) is 4.95. The van der Waals surface area contributed by atoms with Gasteiger partial charge in [0.05, 0.1) is 11.7 Å². The van der Waals surface area contributed by atoms with Crippen LogP contribution in [0.5, 0.6) is 0 Å². The van der Waals surface area contributed by atoms with Crippen molar-refractivity contribution in [2.75, 3.05) is 0 Å². The monoisotopic (exact) mass is 297 g/mol. The van der Waals surface area contributed by atoms with E-state index in [-0.39, 0.29) is 6.04 Å². The molecule has 1 heterocycles. The number of nitrogens with one attached hydrogen (secondary N) is 1. The van der Waals surface area contributed by atoms with Gasteiger partial charge in [0.25, 0.3) is 0 Å². The van der Waals surface area contributed by atoms with E-state index in [1.165, 1.54) is 32.1 Å². The summed E-state index contributed by atoms with van der Waals surface area (Å²) in [5.74, 6) is 6.46. The van der Waals surface area contributed by atoms with E-state index in [2.05, 4.69) is 26.3 Å². The summed E-state index contributed by atoms with van der Waals surface area (Å²) in [5.41, 5.74) is 3.95. The molecule has 1 aliphatic rings. The van der Waals surface area contributed by atoms with Crippen molar-refractivity contribution in [3.8, 4) is 0 Å². The molecule has 1 fully saturated rings. The molecule has 1 atom stereocenters. The van der Waals surface area contributed by atoms with Crippen LogP contribution in [0.15, 0.2) is 22.8 Å². The number of nitrogens with two attached hydrogens (primary N) is 1. The van der Waals surface area contributed by atoms with Crippen LogP contribution in [0.25, 0.3) is 0 Å². The standard InChI is InChI=1S/C13H20BrN3/c14-11-6-7-12(16-9-11)13(17-15)8-10-4-2-1-3-5-10/h6-7,9-10,13,17H,1-5,8,15H2. The number of halogens is 1. The number of nitrogens with zero attached hydrogens (tertiary/aromatic N) is 1. The molecule has 0 aromatic carbocycles. The molecule has 17 heavy (non-hydrogen) atoms. The molecule has 0 aliphatic heterocycles. The second-order valence-electron chi connectivity index (χ2n) is 4.86. The van der Waals surface area contributed by atoms with Crippen LogP contribution < -0.4 is 11.3 Å². The highest BCUT2D eigenvalue weighted by atomic mass is 79.9. The van der Waals surface area contributed by atoms with Gasteiger partial charge in [0.1, 0.15) is 0 Å². The molecular weight excluding hydrogens is 278 g/mol. The van der Waals surface area contributed by atoms with Crippen LogP contribution in [0.2, 0.25) is 0 Å². The van der Waals surface area contributed by atoms with E-state index < -0.39 is 0 Å². The van der Waals surface area contributed by atoms with E-state index in [1.54, 1.807) is 0 Å². The molecule has 1 aromatic rings. The molecule has 1 unspecified atom stereocenters. The van der Waals surface area contributed by atoms with Gasteiger partial charge in [-0.3, -0.25) is 16.3 Å². The molecule has 94 valence electrons. The summed E-state index contributed by atoms with van der Waals surface area (Å²) in [6.45, 7) is 0. The lowest BCUT2D eigenvalue weighted by Crippen LogP contribution is -2.30. The largest absolute Gasteiger partial charge is 0.271 e. The maximum atomic E-state index is 5.66. The van der Waals surface area contributed by atoms with E-state index in [1.807, 2.05) is 18.3 Å². The van der Waals surface area contributed by atoms with Crippen LogP contribution in [-0.4, -0.2) is 4.98 Å². The predicted molar refractivity (Wildman–Crippen MR) is 73.2 cm³/mol. The molecule has 0 bridgehead atoms. The van der Waals surface area contributed by atoms with Gasteiger partial charge in [-0.15, -0.1) is 0 Å². The van der Waals surface area contributed by atoms with Crippen LogP contribution in [0.1, 0.15) is 50.3 Å². The Morgan fingerprint density at radius 3 is 2.71 bits per heavy atom. The number of aromatic nitrogens is 1. The molecule has 3 nitrogen and oxygen atoms in total. The summed E-state index contributed by atoms with van der Waals surface area (Å²) in [5, 5.41) is 0. The molecule has 1 saturated carbocycles. The smallest absolute Gasteiger partial charge is 0.0634 e. The predicted octanol–water partition coefficient (Wildman–Crippen LogP) is 3.32. The van der Waals surface area contributed by atoms with Crippen molar-refractivity contribution in [2.45, 2.75) is 44.6 Å². The number of hydrogen-bond acceptors (Lipinski definition) is 3. The van der Waals surface area contributed by atoms with Crippen molar-refractivity contribution >= 4 is 15.9 Å². The summed E-state index contributed by atoms with van der Waals surface area (Å²) >= 11 is 3.40. The van der Waals surface area contributed by atoms with Crippen molar-refractivity contribution in [3.05, 3.63) is 28.5 Å². The van der Waals surface area contributed by atoms with Gasteiger partial charge in [0.2, 0.25) is 0 Å². The fourth-order valence-electron chi connectivity index (χ4n) is 2.62. The van der Waals surface area contributed by atoms with Gasteiger partial charge in [0, 0.05) is 10.7 Å². The molecule has 1 aromatic heterocycles. The molecule has 0 saturated heterocycles. The van der Waals surface area contributed by atoms with E-state index in [4.69, 9.17) is 5.84 Å². The Morgan fingerprint density at radius 2 is 2.12 bits per heavy atom. The minimum Gasteiger partial charge on any atom is -0.271 e. The first-order valence-corrected chi connectivity index (χ1v) is 7.16. The maximum absolute atomic E-state index is 5.66. The first kappa shape index (κ1) is 13.0. The summed E-state index contributed by atoms with van der Waals surface area (Å²) in [7, 11) is 0. The van der Waals surface area contributed by atoms with Gasteiger partial charge in [-0.1, -0.05) is 32.1 Å². The lowest BCUT2D eigenvalue weighted by Gasteiger charge is -2.25. The second-order valence-corrected chi connectivity index (χ2v) is 5.78. The van der Waals surface area contributed by atoms with Crippen molar-refractivity contribution < 1.29 is 0 Å². The minimum absolute atomic E-state index is 0.186. The Morgan fingerprint density at radius 1 is 1.35 bits per heavy atom. The quantitative estimate of drug-likeness (QED) is 0.662. The van der Waals surface area contributed by atoms with Gasteiger partial charge in [-0.25, -0.2) is 0 Å². The highest BCUT2D eigenvalue weighted by Crippen LogP contribution is 2.31. The van der Waals surface area contributed by atoms with Crippen molar-refractivity contribution in [1.29, 1.82) is 0 Å². The molecule has 0 spiro atoms. The first-order valence-electron chi connectivity index (χ1n) is 6.37. The maximum Gasteiger partial charge on any atom is 0.0634 e. The van der Waals surface area contributed by atoms with Crippen LogP contribution in [0, 0.1) is 5.92 Å². The number of rotatable bonds is 4. The zero-order valence-corrected chi connectivity index (χ0v) is 11.6. The zero-order chi connectivity index (χ0) is 12.1. The van der Waals surface area contributed by atoms with E-state index >= 15 is 0 Å². The average Bonchev–Trinajstić information content (AvgIpc) is 2.38. The molecule has 4 heteroatoms. The zero-order valence-electron chi connectivity index (χ0n) is 10.0. The van der Waals surface area contributed by atoms with Crippen molar-refractivity contribution in [1.82, 2.24) is 10.4 Å². The van der Waals surface area contributed by atoms with Crippen molar-refractivity contribution in [3.63, 3.8) is 0 Å². The minimum atomic E-state index is 0.186. The fraction of sp³-hybridized carbons (Fsp3) is 0.615. The van der Waals surface area contributed by atoms with Crippen LogP contribution in [-0.2, 0) is 0 Å². The third kappa shape index (κ3) is 3.76. The lowest BCUT2D eigenvalue weighted by molar-refractivity contribution is 0.299. The SMILES string of the molecule is NNC(CC1CCCCC1)c1ccc(Br)cn1. The van der Waals surface area contributed by atoms with Gasteiger partial charge in [-0.2, -0.15) is 0 Å². The van der Waals surface area contributed by atoms with Gasteiger partial charge >= 0.3 is 0 Å². The summed E-state index contributed by atoms with van der Waals surface area (Å²) in [6.07, 6.45) is 9.76. The number of hydrogen-bond donors (Lipinski definition) is 2. The summed E-state index contributed by atoms with van der Waals surface area (Å²) < 4.78 is 1.01. The fourth-order valence-corrected chi connectivity index (χ4v) is 2.86. The second kappa shape index (κ2) is 6.47. The van der Waals surface area contributed by atoms with Gasteiger partial charge in [-0.05, 0) is 40.4 Å². The van der Waals surface area contributed by atoms with E-state index in [0.717, 1.165) is 22.5 Å². The normalized spacial score (nSPS) is 19.2. The molecule has 0 amide bonds. The van der Waals surface area contributed by atoms with Gasteiger partial charge in [0.15, 0.2) is 0 Å². The molecule has 3 N–H and O–H groups in total. The topological polar surface area (TPSA) is 50.9 Å².